The van der Waals surface area contributed by atoms with Crippen LogP contribution in [-0.4, -0.2) is 22.6 Å². The van der Waals surface area contributed by atoms with E-state index in [2.05, 4.69) is 10.3 Å². The third kappa shape index (κ3) is 4.00. The van der Waals surface area contributed by atoms with Gasteiger partial charge in [0.15, 0.2) is 0 Å². The Morgan fingerprint density at radius 2 is 1.84 bits per heavy atom. The van der Waals surface area contributed by atoms with Crippen molar-refractivity contribution in [2.75, 3.05) is 12.4 Å². The van der Waals surface area contributed by atoms with E-state index in [1.165, 1.54) is 17.7 Å². The van der Waals surface area contributed by atoms with Crippen LogP contribution in [0.25, 0.3) is 16.6 Å². The molecule has 0 saturated carbocycles. The third-order valence-electron chi connectivity index (χ3n) is 4.81. The van der Waals surface area contributed by atoms with Gasteiger partial charge in [0.05, 0.1) is 40.0 Å². The van der Waals surface area contributed by atoms with Crippen LogP contribution in [0.1, 0.15) is 16.2 Å². The third-order valence-corrected chi connectivity index (χ3v) is 5.37. The van der Waals surface area contributed by atoms with Crippen molar-refractivity contribution in [2.45, 2.75) is 6.92 Å². The molecule has 0 aliphatic heterocycles. The molecule has 1 aromatic heterocycles. The monoisotopic (exact) mass is 453 g/mol. The van der Waals surface area contributed by atoms with Crippen LogP contribution in [0.15, 0.2) is 65.5 Å². The summed E-state index contributed by atoms with van der Waals surface area (Å²) in [6, 6.07) is 16.8. The average Bonchev–Trinajstić information content (AvgIpc) is 2.75. The van der Waals surface area contributed by atoms with Crippen molar-refractivity contribution in [2.24, 2.45) is 0 Å². The standard InChI is InChI=1S/C23H17Cl2N3O3/c1-13-26-19-6-4-3-5-16(19)23(30)28(13)15-8-9-18(25)20(12-15)27-22(29)17-11-14(24)7-10-21(17)31-2/h3-12H,1-2H3,(H,27,29). The highest BCUT2D eigenvalue weighted by molar-refractivity contribution is 6.34. The maximum atomic E-state index is 13.1. The van der Waals surface area contributed by atoms with Crippen molar-refractivity contribution < 1.29 is 9.53 Å². The Balaban J connectivity index is 1.77. The van der Waals surface area contributed by atoms with Crippen LogP contribution in [0.5, 0.6) is 5.75 Å². The molecular formula is C23H17Cl2N3O3. The van der Waals surface area contributed by atoms with Crippen LogP contribution >= 0.6 is 23.2 Å². The number of methoxy groups -OCH3 is 1. The number of rotatable bonds is 4. The number of fused-ring (bicyclic) bond motifs is 1. The number of carbonyl (C=O) groups excluding carboxylic acids is 1. The van der Waals surface area contributed by atoms with Gasteiger partial charge in [0.2, 0.25) is 0 Å². The lowest BCUT2D eigenvalue weighted by Gasteiger charge is -2.14. The first-order valence-corrected chi connectivity index (χ1v) is 10.1. The molecule has 0 bridgehead atoms. The van der Waals surface area contributed by atoms with Crippen molar-refractivity contribution in [3.05, 3.63) is 92.5 Å². The minimum atomic E-state index is -0.445. The number of amides is 1. The van der Waals surface area contributed by atoms with Crippen molar-refractivity contribution in [1.82, 2.24) is 9.55 Å². The lowest BCUT2D eigenvalue weighted by molar-refractivity contribution is 0.102. The van der Waals surface area contributed by atoms with E-state index in [0.717, 1.165) is 0 Å². The predicted molar refractivity (Wildman–Crippen MR) is 123 cm³/mol. The Hall–Kier alpha value is -3.35. The molecule has 156 valence electrons. The van der Waals surface area contributed by atoms with Crippen molar-refractivity contribution in [1.29, 1.82) is 0 Å². The molecule has 0 spiro atoms. The first-order chi connectivity index (χ1) is 14.9. The second kappa shape index (κ2) is 8.41. The average molecular weight is 454 g/mol. The summed E-state index contributed by atoms with van der Waals surface area (Å²) in [4.78, 5) is 30.5. The van der Waals surface area contributed by atoms with Crippen LogP contribution < -0.4 is 15.6 Å². The van der Waals surface area contributed by atoms with Crippen LogP contribution in [0.2, 0.25) is 10.0 Å². The molecule has 0 saturated heterocycles. The van der Waals surface area contributed by atoms with Gasteiger partial charge in [-0.15, -0.1) is 0 Å². The summed E-state index contributed by atoms with van der Waals surface area (Å²) in [6.45, 7) is 1.75. The number of aryl methyl sites for hydroxylation is 1. The summed E-state index contributed by atoms with van der Waals surface area (Å²) in [5.41, 5.74) is 1.54. The minimum absolute atomic E-state index is 0.209. The largest absolute Gasteiger partial charge is 0.496 e. The highest BCUT2D eigenvalue weighted by atomic mass is 35.5. The molecule has 0 unspecified atom stereocenters. The molecule has 4 aromatic rings. The van der Waals surface area contributed by atoms with E-state index in [-0.39, 0.29) is 11.1 Å². The van der Waals surface area contributed by atoms with E-state index < -0.39 is 5.91 Å². The maximum absolute atomic E-state index is 13.1. The van der Waals surface area contributed by atoms with Crippen molar-refractivity contribution in [3.63, 3.8) is 0 Å². The molecule has 0 aliphatic carbocycles. The van der Waals surface area contributed by atoms with Crippen LogP contribution in [0.3, 0.4) is 0 Å². The molecule has 0 atom stereocenters. The van der Waals surface area contributed by atoms with Gasteiger partial charge in [-0.05, 0) is 55.5 Å². The number of anilines is 1. The zero-order valence-corrected chi connectivity index (χ0v) is 18.2. The smallest absolute Gasteiger partial charge is 0.265 e. The number of hydrogen-bond donors (Lipinski definition) is 1. The molecular weight excluding hydrogens is 437 g/mol. The van der Waals surface area contributed by atoms with Crippen LogP contribution in [-0.2, 0) is 0 Å². The molecule has 4 rings (SSSR count). The Labute approximate surface area is 188 Å². The summed E-state index contributed by atoms with van der Waals surface area (Å²) in [5, 5.41) is 3.98. The maximum Gasteiger partial charge on any atom is 0.265 e. The van der Waals surface area contributed by atoms with Crippen LogP contribution in [0, 0.1) is 6.92 Å². The molecule has 0 radical (unpaired) electrons. The molecule has 6 nitrogen and oxygen atoms in total. The zero-order valence-electron chi connectivity index (χ0n) is 16.6. The first kappa shape index (κ1) is 20.9. The number of benzene rings is 3. The van der Waals surface area contributed by atoms with Gasteiger partial charge in [-0.3, -0.25) is 14.2 Å². The Bertz CT molecular complexity index is 1380. The summed E-state index contributed by atoms with van der Waals surface area (Å²) in [7, 11) is 1.47. The van der Waals surface area contributed by atoms with Gasteiger partial charge in [-0.2, -0.15) is 0 Å². The zero-order chi connectivity index (χ0) is 22.1. The highest BCUT2D eigenvalue weighted by Gasteiger charge is 2.16. The number of nitrogens with one attached hydrogen (secondary N) is 1. The van der Waals surface area contributed by atoms with E-state index in [1.54, 1.807) is 55.5 Å². The van der Waals surface area contributed by atoms with E-state index in [1.807, 2.05) is 6.07 Å². The number of para-hydroxylation sites is 1. The number of ether oxygens (including phenoxy) is 1. The second-order valence-corrected chi connectivity index (χ2v) is 7.62. The number of carbonyl (C=O) groups is 1. The molecule has 8 heteroatoms. The van der Waals surface area contributed by atoms with Gasteiger partial charge < -0.3 is 10.1 Å². The summed E-state index contributed by atoms with van der Waals surface area (Å²) in [5.74, 6) is 0.443. The number of aromatic nitrogens is 2. The predicted octanol–water partition coefficient (Wildman–Crippen LogP) is 5.26. The number of nitrogens with zero attached hydrogens (tertiary/aromatic N) is 2. The Kier molecular flexibility index (Phi) is 5.67. The van der Waals surface area contributed by atoms with E-state index in [4.69, 9.17) is 27.9 Å². The van der Waals surface area contributed by atoms with Crippen LogP contribution in [0.4, 0.5) is 5.69 Å². The molecule has 3 aromatic carbocycles. The Morgan fingerprint density at radius 3 is 2.61 bits per heavy atom. The van der Waals surface area contributed by atoms with E-state index in [9.17, 15) is 9.59 Å². The summed E-state index contributed by atoms with van der Waals surface area (Å²) >= 11 is 12.4. The normalized spacial score (nSPS) is 10.8. The highest BCUT2D eigenvalue weighted by Crippen LogP contribution is 2.28. The SMILES string of the molecule is COc1ccc(Cl)cc1C(=O)Nc1cc(-n2c(C)nc3ccccc3c2=O)ccc1Cl. The van der Waals surface area contributed by atoms with E-state index in [0.29, 0.717) is 43.9 Å². The topological polar surface area (TPSA) is 73.2 Å². The summed E-state index contributed by atoms with van der Waals surface area (Å²) < 4.78 is 6.73. The number of halogens is 2. The minimum Gasteiger partial charge on any atom is -0.496 e. The molecule has 0 fully saturated rings. The Morgan fingerprint density at radius 1 is 1.06 bits per heavy atom. The molecule has 1 amide bonds. The second-order valence-electron chi connectivity index (χ2n) is 6.78. The van der Waals surface area contributed by atoms with Crippen molar-refractivity contribution in [3.8, 4) is 11.4 Å². The lowest BCUT2D eigenvalue weighted by atomic mass is 10.1. The van der Waals surface area contributed by atoms with Gasteiger partial charge in [0.1, 0.15) is 11.6 Å². The number of hydrogen-bond acceptors (Lipinski definition) is 4. The fraction of sp³-hybridized carbons (Fsp3) is 0.0870. The van der Waals surface area contributed by atoms with Gasteiger partial charge >= 0.3 is 0 Å². The van der Waals surface area contributed by atoms with E-state index >= 15 is 0 Å². The summed E-state index contributed by atoms with van der Waals surface area (Å²) in [6.07, 6.45) is 0. The fourth-order valence-electron chi connectivity index (χ4n) is 3.34. The van der Waals surface area contributed by atoms with Gasteiger partial charge in [0.25, 0.3) is 11.5 Å². The molecule has 1 N–H and O–H groups in total. The van der Waals surface area contributed by atoms with Gasteiger partial charge in [-0.25, -0.2) is 4.98 Å². The first-order valence-electron chi connectivity index (χ1n) is 9.32. The quantitative estimate of drug-likeness (QED) is 0.457. The molecule has 0 aliphatic rings. The lowest BCUT2D eigenvalue weighted by Crippen LogP contribution is -2.22. The fourth-order valence-corrected chi connectivity index (χ4v) is 3.68. The molecule has 1 heterocycles. The van der Waals surface area contributed by atoms with Crippen molar-refractivity contribution >= 4 is 45.7 Å². The van der Waals surface area contributed by atoms with Gasteiger partial charge in [0, 0.05) is 5.02 Å². The molecule has 31 heavy (non-hydrogen) atoms. The van der Waals surface area contributed by atoms with Gasteiger partial charge in [-0.1, -0.05) is 35.3 Å².